The van der Waals surface area contributed by atoms with Crippen molar-refractivity contribution in [1.82, 2.24) is 20.1 Å². The van der Waals surface area contributed by atoms with E-state index in [9.17, 15) is 14.0 Å². The number of pyridine rings is 1. The summed E-state index contributed by atoms with van der Waals surface area (Å²) in [5.74, 6) is -1.31. The number of rotatable bonds is 4. The number of nitrogens with one attached hydrogen (secondary N) is 1. The highest BCUT2D eigenvalue weighted by molar-refractivity contribution is 6.01. The van der Waals surface area contributed by atoms with Gasteiger partial charge in [-0.05, 0) is 42.2 Å². The van der Waals surface area contributed by atoms with Crippen LogP contribution in [0.15, 0.2) is 48.8 Å². The molecule has 1 N–H and O–H groups in total. The molecule has 31 heavy (non-hydrogen) atoms. The molecule has 0 saturated heterocycles. The fourth-order valence-electron chi connectivity index (χ4n) is 3.61. The van der Waals surface area contributed by atoms with Crippen molar-refractivity contribution < 1.29 is 14.0 Å². The van der Waals surface area contributed by atoms with Crippen LogP contribution < -0.4 is 10.2 Å². The van der Waals surface area contributed by atoms with Crippen LogP contribution in [-0.4, -0.2) is 39.7 Å². The molecule has 2 amide bonds. The molecule has 0 radical (unpaired) electrons. The Balaban J connectivity index is 1.49. The minimum atomic E-state index is -0.816. The number of carbonyl (C=O) groups excluding carboxylic acids is 2. The van der Waals surface area contributed by atoms with E-state index in [4.69, 9.17) is 5.26 Å². The molecular formula is C22H19FN6O2. The molecule has 3 aromatic rings. The van der Waals surface area contributed by atoms with Crippen molar-refractivity contribution in [1.29, 1.82) is 5.26 Å². The molecule has 0 spiro atoms. The van der Waals surface area contributed by atoms with E-state index in [1.165, 1.54) is 9.58 Å². The highest BCUT2D eigenvalue weighted by Gasteiger charge is 2.31. The largest absolute Gasteiger partial charge is 0.339 e. The van der Waals surface area contributed by atoms with Crippen molar-refractivity contribution in [2.24, 2.45) is 0 Å². The molecule has 0 bridgehead atoms. The molecule has 1 aliphatic rings. The van der Waals surface area contributed by atoms with Gasteiger partial charge in [0.2, 0.25) is 5.91 Å². The van der Waals surface area contributed by atoms with Crippen LogP contribution in [-0.2, 0) is 17.8 Å². The molecule has 0 saturated carbocycles. The lowest BCUT2D eigenvalue weighted by Gasteiger charge is -2.20. The SMILES string of the molecule is CN1C(=O)C(NC(=O)c2nn(Cc3cccc(C#N)c3)cc2F)CCc2cccnc21. The second kappa shape index (κ2) is 8.36. The maximum Gasteiger partial charge on any atom is 0.275 e. The van der Waals surface area contributed by atoms with Crippen LogP contribution in [0.4, 0.5) is 10.2 Å². The Hall–Kier alpha value is -4.06. The molecule has 4 rings (SSSR count). The van der Waals surface area contributed by atoms with E-state index in [-0.39, 0.29) is 18.1 Å². The molecule has 0 fully saturated rings. The van der Waals surface area contributed by atoms with Gasteiger partial charge in [-0.1, -0.05) is 18.2 Å². The summed E-state index contributed by atoms with van der Waals surface area (Å²) in [6.45, 7) is 0.200. The van der Waals surface area contributed by atoms with Gasteiger partial charge in [-0.3, -0.25) is 19.2 Å². The maximum absolute atomic E-state index is 14.4. The van der Waals surface area contributed by atoms with Crippen molar-refractivity contribution in [3.63, 3.8) is 0 Å². The van der Waals surface area contributed by atoms with Crippen LogP contribution in [0.5, 0.6) is 0 Å². The Morgan fingerprint density at radius 1 is 1.35 bits per heavy atom. The first-order valence-electron chi connectivity index (χ1n) is 9.70. The summed E-state index contributed by atoms with van der Waals surface area (Å²) >= 11 is 0. The van der Waals surface area contributed by atoms with E-state index in [0.717, 1.165) is 17.3 Å². The number of hydrogen-bond donors (Lipinski definition) is 1. The second-order valence-electron chi connectivity index (χ2n) is 7.28. The van der Waals surface area contributed by atoms with E-state index in [0.29, 0.717) is 24.2 Å². The van der Waals surface area contributed by atoms with Gasteiger partial charge in [0.1, 0.15) is 11.9 Å². The van der Waals surface area contributed by atoms with Gasteiger partial charge >= 0.3 is 0 Å². The summed E-state index contributed by atoms with van der Waals surface area (Å²) < 4.78 is 15.7. The average Bonchev–Trinajstić information content (AvgIpc) is 3.10. The zero-order valence-electron chi connectivity index (χ0n) is 16.7. The first-order chi connectivity index (χ1) is 15.0. The number of hydrogen-bond acceptors (Lipinski definition) is 5. The third-order valence-electron chi connectivity index (χ3n) is 5.15. The second-order valence-corrected chi connectivity index (χ2v) is 7.28. The third kappa shape index (κ3) is 4.14. The third-order valence-corrected chi connectivity index (χ3v) is 5.15. The van der Waals surface area contributed by atoms with E-state index in [1.54, 1.807) is 43.6 Å². The number of carbonyl (C=O) groups is 2. The highest BCUT2D eigenvalue weighted by Crippen LogP contribution is 2.23. The van der Waals surface area contributed by atoms with Gasteiger partial charge in [-0.25, -0.2) is 9.37 Å². The summed E-state index contributed by atoms with van der Waals surface area (Å²) in [7, 11) is 1.60. The minimum Gasteiger partial charge on any atom is -0.339 e. The van der Waals surface area contributed by atoms with Crippen LogP contribution in [0, 0.1) is 17.1 Å². The van der Waals surface area contributed by atoms with Gasteiger partial charge in [0.15, 0.2) is 11.5 Å². The summed E-state index contributed by atoms with van der Waals surface area (Å²) in [6.07, 6.45) is 3.65. The highest BCUT2D eigenvalue weighted by atomic mass is 19.1. The molecule has 1 atom stereocenters. The van der Waals surface area contributed by atoms with Crippen LogP contribution >= 0.6 is 0 Å². The molecule has 2 aromatic heterocycles. The molecular weight excluding hydrogens is 399 g/mol. The minimum absolute atomic E-state index is 0.200. The Labute approximate surface area is 177 Å². The van der Waals surface area contributed by atoms with Crippen molar-refractivity contribution >= 4 is 17.6 Å². The summed E-state index contributed by atoms with van der Waals surface area (Å²) in [4.78, 5) is 31.1. The number of aryl methyl sites for hydroxylation is 1. The van der Waals surface area contributed by atoms with Crippen molar-refractivity contribution in [2.75, 3.05) is 11.9 Å². The number of amides is 2. The average molecular weight is 418 g/mol. The lowest BCUT2D eigenvalue weighted by molar-refractivity contribution is -0.120. The zero-order chi connectivity index (χ0) is 22.0. The fraction of sp³-hybridized carbons (Fsp3) is 0.227. The molecule has 156 valence electrons. The number of benzene rings is 1. The van der Waals surface area contributed by atoms with Crippen molar-refractivity contribution in [2.45, 2.75) is 25.4 Å². The molecule has 0 aliphatic carbocycles. The van der Waals surface area contributed by atoms with Crippen LogP contribution in [0.1, 0.15) is 33.6 Å². The van der Waals surface area contributed by atoms with Crippen LogP contribution in [0.25, 0.3) is 0 Å². The molecule has 8 nitrogen and oxygen atoms in total. The lowest BCUT2D eigenvalue weighted by Crippen LogP contribution is -2.47. The summed E-state index contributed by atoms with van der Waals surface area (Å²) in [6, 6.07) is 11.8. The number of likely N-dealkylation sites (N-methyl/N-ethyl adjacent to an activating group) is 1. The van der Waals surface area contributed by atoms with Crippen LogP contribution in [0.2, 0.25) is 0 Å². The number of halogens is 1. The predicted octanol–water partition coefficient (Wildman–Crippen LogP) is 2.04. The number of anilines is 1. The molecule has 1 aliphatic heterocycles. The van der Waals surface area contributed by atoms with E-state index in [1.807, 2.05) is 12.1 Å². The van der Waals surface area contributed by atoms with Gasteiger partial charge < -0.3 is 5.32 Å². The van der Waals surface area contributed by atoms with Gasteiger partial charge in [0.25, 0.3) is 5.91 Å². The number of aromatic nitrogens is 3. The first kappa shape index (κ1) is 20.2. The van der Waals surface area contributed by atoms with Crippen molar-refractivity contribution in [3.05, 3.63) is 77.0 Å². The van der Waals surface area contributed by atoms with Gasteiger partial charge in [0.05, 0.1) is 24.4 Å². The normalized spacial score (nSPS) is 15.7. The summed E-state index contributed by atoms with van der Waals surface area (Å²) in [5.41, 5.74) is 1.76. The Morgan fingerprint density at radius 3 is 3.00 bits per heavy atom. The maximum atomic E-state index is 14.4. The van der Waals surface area contributed by atoms with Crippen molar-refractivity contribution in [3.8, 4) is 6.07 Å². The van der Waals surface area contributed by atoms with Gasteiger partial charge in [0, 0.05) is 13.2 Å². The molecule has 9 heteroatoms. The van der Waals surface area contributed by atoms with E-state index >= 15 is 0 Å². The summed E-state index contributed by atoms with van der Waals surface area (Å²) in [5, 5.41) is 15.7. The standard InChI is InChI=1S/C22H19FN6O2/c1-28-20-16(6-3-9-25-20)7-8-18(22(28)31)26-21(30)19-17(23)13-29(27-19)12-15-5-2-4-14(10-15)11-24/h2-6,9-10,13,18H,7-8,12H2,1H3,(H,26,30). The number of nitrogens with zero attached hydrogens (tertiary/aromatic N) is 5. The topological polar surface area (TPSA) is 104 Å². The van der Waals surface area contributed by atoms with E-state index in [2.05, 4.69) is 15.4 Å². The lowest BCUT2D eigenvalue weighted by atomic mass is 10.1. The molecule has 1 aromatic carbocycles. The Kier molecular flexibility index (Phi) is 5.45. The van der Waals surface area contributed by atoms with E-state index < -0.39 is 17.8 Å². The Bertz CT molecular complexity index is 1200. The zero-order valence-corrected chi connectivity index (χ0v) is 16.7. The number of nitriles is 1. The monoisotopic (exact) mass is 418 g/mol. The predicted molar refractivity (Wildman–Crippen MR) is 110 cm³/mol. The molecule has 3 heterocycles. The quantitative estimate of drug-likeness (QED) is 0.698. The van der Waals surface area contributed by atoms with Gasteiger partial charge in [-0.2, -0.15) is 10.4 Å². The smallest absolute Gasteiger partial charge is 0.275 e. The fourth-order valence-corrected chi connectivity index (χ4v) is 3.61. The first-order valence-corrected chi connectivity index (χ1v) is 9.70. The van der Waals surface area contributed by atoms with Gasteiger partial charge in [-0.15, -0.1) is 0 Å². The number of fused-ring (bicyclic) bond motifs is 1. The molecule has 1 unspecified atom stereocenters. The Morgan fingerprint density at radius 2 is 2.19 bits per heavy atom. The van der Waals surface area contributed by atoms with Crippen LogP contribution in [0.3, 0.4) is 0 Å².